The van der Waals surface area contributed by atoms with E-state index in [-0.39, 0.29) is 18.3 Å². The zero-order valence-electron chi connectivity index (χ0n) is 13.8. The third-order valence-electron chi connectivity index (χ3n) is 4.97. The van der Waals surface area contributed by atoms with Gasteiger partial charge in [0.2, 0.25) is 0 Å². The van der Waals surface area contributed by atoms with E-state index in [9.17, 15) is 4.79 Å². The molecule has 1 saturated carbocycles. The van der Waals surface area contributed by atoms with Crippen molar-refractivity contribution in [3.05, 3.63) is 23.8 Å². The number of likely N-dealkylation sites (tertiary alicyclic amines) is 1. The number of rotatable bonds is 4. The van der Waals surface area contributed by atoms with E-state index in [2.05, 4.69) is 5.32 Å². The summed E-state index contributed by atoms with van der Waals surface area (Å²) in [5.41, 5.74) is 0.631. The number of carbonyl (C=O) groups is 1. The summed E-state index contributed by atoms with van der Waals surface area (Å²) in [7, 11) is 0. The summed E-state index contributed by atoms with van der Waals surface area (Å²) in [6.45, 7) is 3.82. The Morgan fingerprint density at radius 1 is 1.12 bits per heavy atom. The SMILES string of the molecule is Cl.O=C(c1cccc2c1OCCO2)N1CCC(NCC2CC2)CC1. The van der Waals surface area contributed by atoms with Crippen LogP contribution in [-0.4, -0.2) is 49.7 Å². The van der Waals surface area contributed by atoms with E-state index in [1.54, 1.807) is 0 Å². The topological polar surface area (TPSA) is 50.8 Å². The number of para-hydroxylation sites is 1. The highest BCUT2D eigenvalue weighted by Gasteiger charge is 2.28. The molecule has 0 atom stereocenters. The lowest BCUT2D eigenvalue weighted by Crippen LogP contribution is -2.45. The van der Waals surface area contributed by atoms with Gasteiger partial charge < -0.3 is 19.7 Å². The highest BCUT2D eigenvalue weighted by molar-refractivity contribution is 5.98. The number of halogens is 1. The minimum Gasteiger partial charge on any atom is -0.486 e. The van der Waals surface area contributed by atoms with Gasteiger partial charge in [0.25, 0.3) is 5.91 Å². The van der Waals surface area contributed by atoms with Crippen LogP contribution >= 0.6 is 12.4 Å². The molecule has 24 heavy (non-hydrogen) atoms. The number of nitrogens with one attached hydrogen (secondary N) is 1. The zero-order chi connectivity index (χ0) is 15.6. The predicted molar refractivity (Wildman–Crippen MR) is 94.3 cm³/mol. The van der Waals surface area contributed by atoms with Crippen molar-refractivity contribution in [2.24, 2.45) is 5.92 Å². The molecule has 1 N–H and O–H groups in total. The number of piperidine rings is 1. The molecule has 2 fully saturated rings. The van der Waals surface area contributed by atoms with Crippen LogP contribution in [0.3, 0.4) is 0 Å². The molecule has 132 valence electrons. The average molecular weight is 353 g/mol. The van der Waals surface area contributed by atoms with Crippen molar-refractivity contribution < 1.29 is 14.3 Å². The maximum Gasteiger partial charge on any atom is 0.257 e. The Bertz CT molecular complexity index is 584. The zero-order valence-corrected chi connectivity index (χ0v) is 14.6. The molecule has 1 aromatic carbocycles. The van der Waals surface area contributed by atoms with Gasteiger partial charge in [-0.25, -0.2) is 0 Å². The highest BCUT2D eigenvalue weighted by atomic mass is 35.5. The Kier molecular flexibility index (Phi) is 5.51. The second kappa shape index (κ2) is 7.62. The molecule has 2 heterocycles. The third-order valence-corrected chi connectivity index (χ3v) is 4.97. The van der Waals surface area contributed by atoms with E-state index in [0.717, 1.165) is 38.4 Å². The lowest BCUT2D eigenvalue weighted by molar-refractivity contribution is 0.0695. The van der Waals surface area contributed by atoms with Gasteiger partial charge in [0, 0.05) is 19.1 Å². The standard InChI is InChI=1S/C18H24N2O3.ClH/c21-18(15-2-1-3-16-17(15)23-11-10-22-16)20-8-6-14(7-9-20)19-12-13-4-5-13;/h1-3,13-14,19H,4-12H2;1H. The van der Waals surface area contributed by atoms with Crippen LogP contribution in [-0.2, 0) is 0 Å². The molecule has 3 aliphatic rings. The number of nitrogens with zero attached hydrogens (tertiary/aromatic N) is 1. The summed E-state index contributed by atoms with van der Waals surface area (Å²) in [5.74, 6) is 2.26. The Morgan fingerprint density at radius 2 is 1.88 bits per heavy atom. The van der Waals surface area contributed by atoms with E-state index >= 15 is 0 Å². The van der Waals surface area contributed by atoms with Crippen molar-refractivity contribution in [3.8, 4) is 11.5 Å². The fourth-order valence-electron chi connectivity index (χ4n) is 3.35. The van der Waals surface area contributed by atoms with Crippen LogP contribution in [0.1, 0.15) is 36.0 Å². The molecule has 1 aromatic rings. The van der Waals surface area contributed by atoms with E-state index in [0.29, 0.717) is 36.3 Å². The van der Waals surface area contributed by atoms with Gasteiger partial charge in [-0.3, -0.25) is 4.79 Å². The van der Waals surface area contributed by atoms with Gasteiger partial charge in [-0.05, 0) is 50.3 Å². The first-order valence-electron chi connectivity index (χ1n) is 8.72. The smallest absolute Gasteiger partial charge is 0.257 e. The average Bonchev–Trinajstić information content (AvgIpc) is 3.44. The van der Waals surface area contributed by atoms with Crippen molar-refractivity contribution in [1.29, 1.82) is 0 Å². The first kappa shape index (κ1) is 17.4. The maximum absolute atomic E-state index is 12.8. The van der Waals surface area contributed by atoms with E-state index in [4.69, 9.17) is 9.47 Å². The molecule has 1 amide bonds. The molecule has 5 nitrogen and oxygen atoms in total. The fraction of sp³-hybridized carbons (Fsp3) is 0.611. The molecule has 0 spiro atoms. The number of carbonyl (C=O) groups excluding carboxylic acids is 1. The first-order valence-corrected chi connectivity index (χ1v) is 8.72. The van der Waals surface area contributed by atoms with Crippen molar-refractivity contribution in [1.82, 2.24) is 10.2 Å². The van der Waals surface area contributed by atoms with Crippen LogP contribution in [0.25, 0.3) is 0 Å². The third kappa shape index (κ3) is 3.78. The monoisotopic (exact) mass is 352 g/mol. The second-order valence-electron chi connectivity index (χ2n) is 6.75. The molecular weight excluding hydrogens is 328 g/mol. The van der Waals surface area contributed by atoms with Crippen molar-refractivity contribution in [3.63, 3.8) is 0 Å². The van der Waals surface area contributed by atoms with Gasteiger partial charge in [-0.2, -0.15) is 0 Å². The summed E-state index contributed by atoms with van der Waals surface area (Å²) in [6, 6.07) is 6.13. The second-order valence-corrected chi connectivity index (χ2v) is 6.75. The van der Waals surface area contributed by atoms with Crippen LogP contribution in [0, 0.1) is 5.92 Å². The molecular formula is C18H25ClN2O3. The summed E-state index contributed by atoms with van der Waals surface area (Å²) in [4.78, 5) is 14.8. The predicted octanol–water partition coefficient (Wildman–Crippen LogP) is 2.48. The minimum absolute atomic E-state index is 0. The number of ether oxygens (including phenoxy) is 2. The number of fused-ring (bicyclic) bond motifs is 1. The summed E-state index contributed by atoms with van der Waals surface area (Å²) >= 11 is 0. The van der Waals surface area contributed by atoms with Crippen LogP contribution in [0.4, 0.5) is 0 Å². The normalized spacial score (nSPS) is 20.4. The minimum atomic E-state index is 0. The lowest BCUT2D eigenvalue weighted by atomic mass is 10.0. The summed E-state index contributed by atoms with van der Waals surface area (Å²) in [6.07, 6.45) is 4.83. The van der Waals surface area contributed by atoms with E-state index in [1.165, 1.54) is 12.8 Å². The van der Waals surface area contributed by atoms with Gasteiger partial charge in [0.1, 0.15) is 13.2 Å². The summed E-state index contributed by atoms with van der Waals surface area (Å²) < 4.78 is 11.2. The lowest BCUT2D eigenvalue weighted by Gasteiger charge is -2.33. The van der Waals surface area contributed by atoms with Gasteiger partial charge >= 0.3 is 0 Å². The molecule has 0 aromatic heterocycles. The number of benzene rings is 1. The van der Waals surface area contributed by atoms with Crippen LogP contribution in [0.5, 0.6) is 11.5 Å². The van der Waals surface area contributed by atoms with Gasteiger partial charge in [0.05, 0.1) is 5.56 Å². The highest BCUT2D eigenvalue weighted by Crippen LogP contribution is 2.34. The summed E-state index contributed by atoms with van der Waals surface area (Å²) in [5, 5.41) is 3.65. The molecule has 0 radical (unpaired) electrons. The molecule has 4 rings (SSSR count). The Hall–Kier alpha value is -1.46. The van der Waals surface area contributed by atoms with Crippen molar-refractivity contribution in [2.45, 2.75) is 31.7 Å². The molecule has 2 aliphatic heterocycles. The van der Waals surface area contributed by atoms with Crippen molar-refractivity contribution >= 4 is 18.3 Å². The maximum atomic E-state index is 12.8. The first-order chi connectivity index (χ1) is 11.3. The van der Waals surface area contributed by atoms with Gasteiger partial charge in [0.15, 0.2) is 11.5 Å². The van der Waals surface area contributed by atoms with Gasteiger partial charge in [-0.1, -0.05) is 6.07 Å². The van der Waals surface area contributed by atoms with E-state index < -0.39 is 0 Å². The Morgan fingerprint density at radius 3 is 2.62 bits per heavy atom. The van der Waals surface area contributed by atoms with Crippen LogP contribution in [0.15, 0.2) is 18.2 Å². The van der Waals surface area contributed by atoms with E-state index in [1.807, 2.05) is 23.1 Å². The molecule has 0 unspecified atom stereocenters. The number of amides is 1. The number of hydrogen-bond donors (Lipinski definition) is 1. The number of hydrogen-bond acceptors (Lipinski definition) is 4. The quantitative estimate of drug-likeness (QED) is 0.904. The van der Waals surface area contributed by atoms with Gasteiger partial charge in [-0.15, -0.1) is 12.4 Å². The Labute approximate surface area is 149 Å². The van der Waals surface area contributed by atoms with Crippen molar-refractivity contribution in [2.75, 3.05) is 32.8 Å². The molecule has 6 heteroatoms. The molecule has 0 bridgehead atoms. The fourth-order valence-corrected chi connectivity index (χ4v) is 3.35. The largest absolute Gasteiger partial charge is 0.486 e. The Balaban J connectivity index is 0.00000169. The molecule has 1 aliphatic carbocycles. The molecule has 1 saturated heterocycles. The van der Waals surface area contributed by atoms with Crippen LogP contribution < -0.4 is 14.8 Å². The van der Waals surface area contributed by atoms with Crippen LogP contribution in [0.2, 0.25) is 0 Å².